The van der Waals surface area contributed by atoms with Crippen molar-refractivity contribution in [2.45, 2.75) is 43.4 Å². The molecule has 144 valence electrons. The SMILES string of the molecule is O=C(N1CCCC(c2nnc3ccccn23)C1)C1(c2cccc(Cl)c2)CCC1. The zero-order valence-electron chi connectivity index (χ0n) is 15.7. The van der Waals surface area contributed by atoms with Crippen molar-refractivity contribution in [2.24, 2.45) is 0 Å². The van der Waals surface area contributed by atoms with E-state index in [9.17, 15) is 4.79 Å². The quantitative estimate of drug-likeness (QED) is 0.668. The summed E-state index contributed by atoms with van der Waals surface area (Å²) in [5.74, 6) is 1.42. The number of aromatic nitrogens is 3. The minimum atomic E-state index is -0.403. The van der Waals surface area contributed by atoms with Gasteiger partial charge in [-0.25, -0.2) is 0 Å². The molecule has 1 unspecified atom stereocenters. The molecule has 28 heavy (non-hydrogen) atoms. The lowest BCUT2D eigenvalue weighted by Crippen LogP contribution is -2.53. The van der Waals surface area contributed by atoms with Gasteiger partial charge in [0.2, 0.25) is 5.91 Å². The Morgan fingerprint density at radius 2 is 2.00 bits per heavy atom. The lowest BCUT2D eigenvalue weighted by Gasteiger charge is -2.45. The first-order valence-corrected chi connectivity index (χ1v) is 10.4. The fraction of sp³-hybridized carbons (Fsp3) is 0.409. The van der Waals surface area contributed by atoms with Gasteiger partial charge in [0.25, 0.3) is 0 Å². The molecule has 2 aliphatic rings. The Hall–Kier alpha value is -2.40. The standard InChI is InChI=1S/C22H23ClN4O/c23-18-8-3-7-17(14-18)22(10-5-11-22)21(28)26-12-4-6-16(15-26)20-25-24-19-9-1-2-13-27(19)20/h1-3,7-9,13-14,16H,4-6,10-12,15H2. The number of carbonyl (C=O) groups excluding carboxylic acids is 1. The maximum absolute atomic E-state index is 13.6. The number of piperidine rings is 1. The van der Waals surface area contributed by atoms with E-state index in [0.717, 1.165) is 55.7 Å². The number of benzene rings is 1. The van der Waals surface area contributed by atoms with Crippen molar-refractivity contribution in [1.29, 1.82) is 0 Å². The second kappa shape index (κ2) is 6.89. The van der Waals surface area contributed by atoms with Gasteiger partial charge in [0.05, 0.1) is 5.41 Å². The van der Waals surface area contributed by atoms with Gasteiger partial charge in [0, 0.05) is 30.2 Å². The summed E-state index contributed by atoms with van der Waals surface area (Å²) in [4.78, 5) is 15.7. The predicted octanol–water partition coefficient (Wildman–Crippen LogP) is 4.21. The fourth-order valence-electron chi connectivity index (χ4n) is 4.76. The molecular weight excluding hydrogens is 372 g/mol. The molecule has 5 nitrogen and oxygen atoms in total. The molecule has 3 aromatic rings. The van der Waals surface area contributed by atoms with Crippen LogP contribution in [0.1, 0.15) is 49.4 Å². The van der Waals surface area contributed by atoms with Crippen LogP contribution in [0.3, 0.4) is 0 Å². The van der Waals surface area contributed by atoms with E-state index in [4.69, 9.17) is 11.6 Å². The Labute approximate surface area is 169 Å². The van der Waals surface area contributed by atoms with Crippen LogP contribution in [0.4, 0.5) is 0 Å². The number of fused-ring (bicyclic) bond motifs is 1. The zero-order valence-corrected chi connectivity index (χ0v) is 16.5. The van der Waals surface area contributed by atoms with Gasteiger partial charge in [-0.1, -0.05) is 36.2 Å². The Morgan fingerprint density at radius 3 is 2.79 bits per heavy atom. The molecule has 1 atom stereocenters. The Balaban J connectivity index is 1.42. The van der Waals surface area contributed by atoms with Gasteiger partial charge in [0.1, 0.15) is 5.82 Å². The molecule has 6 heteroatoms. The first kappa shape index (κ1) is 17.7. The summed E-state index contributed by atoms with van der Waals surface area (Å²) in [5.41, 5.74) is 1.52. The number of carbonyl (C=O) groups is 1. The van der Waals surface area contributed by atoms with Crippen molar-refractivity contribution >= 4 is 23.2 Å². The largest absolute Gasteiger partial charge is 0.341 e. The van der Waals surface area contributed by atoms with Gasteiger partial charge in [-0.2, -0.15) is 0 Å². The van der Waals surface area contributed by atoms with Crippen LogP contribution >= 0.6 is 11.6 Å². The second-order valence-corrected chi connectivity index (χ2v) is 8.46. The lowest BCUT2D eigenvalue weighted by molar-refractivity contribution is -0.142. The number of nitrogens with zero attached hydrogens (tertiary/aromatic N) is 4. The second-order valence-electron chi connectivity index (χ2n) is 8.02. The highest BCUT2D eigenvalue weighted by Crippen LogP contribution is 2.46. The Kier molecular flexibility index (Phi) is 4.35. The molecule has 1 amide bonds. The van der Waals surface area contributed by atoms with E-state index in [1.807, 2.05) is 42.6 Å². The van der Waals surface area contributed by atoms with Gasteiger partial charge < -0.3 is 4.90 Å². The van der Waals surface area contributed by atoms with Gasteiger partial charge >= 0.3 is 0 Å². The van der Waals surface area contributed by atoms with Crippen LogP contribution in [-0.2, 0) is 10.2 Å². The van der Waals surface area contributed by atoms with Crippen LogP contribution in [0.25, 0.3) is 5.65 Å². The smallest absolute Gasteiger partial charge is 0.233 e. The number of hydrogen-bond acceptors (Lipinski definition) is 3. The van der Waals surface area contributed by atoms with E-state index >= 15 is 0 Å². The first-order valence-electron chi connectivity index (χ1n) is 10.0. The highest BCUT2D eigenvalue weighted by Gasteiger charge is 2.48. The zero-order chi connectivity index (χ0) is 19.1. The highest BCUT2D eigenvalue weighted by atomic mass is 35.5. The summed E-state index contributed by atoms with van der Waals surface area (Å²) in [5, 5.41) is 9.43. The first-order chi connectivity index (χ1) is 13.7. The maximum Gasteiger partial charge on any atom is 0.233 e. The third kappa shape index (κ3) is 2.80. The average molecular weight is 395 g/mol. The topological polar surface area (TPSA) is 50.5 Å². The molecule has 2 fully saturated rings. The molecule has 0 bridgehead atoms. The Bertz CT molecular complexity index is 1030. The van der Waals surface area contributed by atoms with E-state index in [2.05, 4.69) is 25.6 Å². The normalized spacial score (nSPS) is 21.5. The molecule has 1 aliphatic heterocycles. The molecule has 5 rings (SSSR count). The number of halogens is 1. The van der Waals surface area contributed by atoms with Crippen molar-refractivity contribution in [3.63, 3.8) is 0 Å². The monoisotopic (exact) mass is 394 g/mol. The highest BCUT2D eigenvalue weighted by molar-refractivity contribution is 6.30. The van der Waals surface area contributed by atoms with E-state index in [-0.39, 0.29) is 11.8 Å². The fourth-order valence-corrected chi connectivity index (χ4v) is 4.95. The summed E-state index contributed by atoms with van der Waals surface area (Å²) in [6, 6.07) is 13.8. The lowest BCUT2D eigenvalue weighted by atomic mass is 9.63. The van der Waals surface area contributed by atoms with Gasteiger partial charge in [-0.15, -0.1) is 10.2 Å². The third-order valence-corrected chi connectivity index (χ3v) is 6.64. The van der Waals surface area contributed by atoms with Gasteiger partial charge in [-0.05, 0) is 55.5 Å². The molecule has 0 radical (unpaired) electrons. The number of rotatable bonds is 3. The number of amides is 1. The van der Waals surface area contributed by atoms with Crippen LogP contribution < -0.4 is 0 Å². The molecule has 1 aliphatic carbocycles. The number of likely N-dealkylation sites (tertiary alicyclic amines) is 1. The van der Waals surface area contributed by atoms with Crippen LogP contribution in [0.5, 0.6) is 0 Å². The molecule has 0 spiro atoms. The minimum absolute atomic E-state index is 0.214. The van der Waals surface area contributed by atoms with Gasteiger partial charge in [0.15, 0.2) is 5.65 Å². The van der Waals surface area contributed by atoms with Gasteiger partial charge in [-0.3, -0.25) is 9.20 Å². The van der Waals surface area contributed by atoms with E-state index < -0.39 is 5.41 Å². The average Bonchev–Trinajstić information content (AvgIpc) is 3.11. The number of pyridine rings is 1. The van der Waals surface area contributed by atoms with Crippen molar-refractivity contribution in [2.75, 3.05) is 13.1 Å². The summed E-state index contributed by atoms with van der Waals surface area (Å²) >= 11 is 6.23. The predicted molar refractivity (Wildman–Crippen MR) is 109 cm³/mol. The maximum atomic E-state index is 13.6. The van der Waals surface area contributed by atoms with Crippen LogP contribution in [0, 0.1) is 0 Å². The summed E-state index contributed by atoms with van der Waals surface area (Å²) < 4.78 is 2.05. The Morgan fingerprint density at radius 1 is 1.11 bits per heavy atom. The molecule has 1 saturated carbocycles. The van der Waals surface area contributed by atoms with Crippen molar-refractivity contribution in [3.8, 4) is 0 Å². The van der Waals surface area contributed by atoms with Crippen LogP contribution in [0.2, 0.25) is 5.02 Å². The van der Waals surface area contributed by atoms with Crippen molar-refractivity contribution in [3.05, 3.63) is 65.1 Å². The van der Waals surface area contributed by atoms with E-state index in [1.54, 1.807) is 0 Å². The third-order valence-electron chi connectivity index (χ3n) is 6.41. The van der Waals surface area contributed by atoms with Crippen LogP contribution in [-0.4, -0.2) is 38.5 Å². The van der Waals surface area contributed by atoms with E-state index in [0.29, 0.717) is 11.6 Å². The molecule has 1 saturated heterocycles. The number of hydrogen-bond donors (Lipinski definition) is 0. The molecule has 0 N–H and O–H groups in total. The molecule has 3 heterocycles. The summed E-state index contributed by atoms with van der Waals surface area (Å²) in [6.45, 7) is 1.52. The van der Waals surface area contributed by atoms with Crippen molar-refractivity contribution < 1.29 is 4.79 Å². The summed E-state index contributed by atoms with van der Waals surface area (Å²) in [6.07, 6.45) is 6.92. The minimum Gasteiger partial charge on any atom is -0.341 e. The molecular formula is C22H23ClN4O. The summed E-state index contributed by atoms with van der Waals surface area (Å²) in [7, 11) is 0. The molecule has 2 aromatic heterocycles. The van der Waals surface area contributed by atoms with Crippen LogP contribution in [0.15, 0.2) is 48.7 Å². The van der Waals surface area contributed by atoms with E-state index in [1.165, 1.54) is 0 Å². The van der Waals surface area contributed by atoms with Crippen molar-refractivity contribution in [1.82, 2.24) is 19.5 Å². The molecule has 1 aromatic carbocycles.